The highest BCUT2D eigenvalue weighted by Crippen LogP contribution is 2.59. The first-order valence-electron chi connectivity index (χ1n) is 5.14. The number of rotatable bonds is 0. The molecule has 0 aromatic rings. The van der Waals surface area contributed by atoms with Gasteiger partial charge in [-0.1, -0.05) is 20.8 Å². The summed E-state index contributed by atoms with van der Waals surface area (Å²) < 4.78 is 0. The lowest BCUT2D eigenvalue weighted by Crippen LogP contribution is -2.57. The van der Waals surface area contributed by atoms with E-state index in [1.54, 1.807) is 7.05 Å². The van der Waals surface area contributed by atoms with Crippen molar-refractivity contribution in [2.24, 2.45) is 16.7 Å². The van der Waals surface area contributed by atoms with Crippen LogP contribution in [-0.4, -0.2) is 23.8 Å². The lowest BCUT2D eigenvalue weighted by atomic mass is 9.62. The van der Waals surface area contributed by atoms with Crippen molar-refractivity contribution >= 4 is 11.8 Å². The minimum absolute atomic E-state index is 0.00116. The summed E-state index contributed by atoms with van der Waals surface area (Å²) in [5.41, 5.74) is -0.506. The van der Waals surface area contributed by atoms with E-state index in [0.29, 0.717) is 0 Å². The van der Waals surface area contributed by atoms with Crippen LogP contribution in [0.1, 0.15) is 33.6 Å². The van der Waals surface area contributed by atoms with Gasteiger partial charge in [0.2, 0.25) is 11.8 Å². The Kier molecular flexibility index (Phi) is 1.65. The number of carbonyl (C=O) groups excluding carboxylic acids is 2. The van der Waals surface area contributed by atoms with Gasteiger partial charge >= 0.3 is 0 Å². The normalized spacial score (nSPS) is 40.6. The Hall–Kier alpha value is -0.860. The maximum absolute atomic E-state index is 12.0. The summed E-state index contributed by atoms with van der Waals surface area (Å²) in [6.45, 7) is 6.10. The number of nitrogens with zero attached hydrogens (tertiary/aromatic N) is 1. The summed E-state index contributed by atoms with van der Waals surface area (Å²) in [7, 11) is 1.61. The third-order valence-electron chi connectivity index (χ3n) is 4.63. The largest absolute Gasteiger partial charge is 0.285 e. The Balaban J connectivity index is 2.55. The minimum atomic E-state index is -0.333. The molecule has 0 unspecified atom stereocenters. The SMILES string of the molecule is CN1C(=O)[C@H]2CC[C@@](C)(C1=O)C2(C)C. The first-order chi connectivity index (χ1) is 6.32. The van der Waals surface area contributed by atoms with Gasteiger partial charge < -0.3 is 0 Å². The summed E-state index contributed by atoms with van der Waals surface area (Å²) in [4.78, 5) is 25.2. The Morgan fingerprint density at radius 3 is 2.43 bits per heavy atom. The molecule has 2 amide bonds. The molecule has 2 fully saturated rings. The van der Waals surface area contributed by atoms with Crippen LogP contribution >= 0.6 is 0 Å². The second kappa shape index (κ2) is 2.38. The number of amides is 2. The highest BCUT2D eigenvalue weighted by Gasteiger charge is 2.63. The molecule has 2 atom stereocenters. The number of carbonyl (C=O) groups is 2. The van der Waals surface area contributed by atoms with Crippen LogP contribution in [0.5, 0.6) is 0 Å². The molecule has 1 aliphatic carbocycles. The second-order valence-electron chi connectivity index (χ2n) is 5.35. The maximum Gasteiger partial charge on any atom is 0.235 e. The predicted octanol–water partition coefficient (Wildman–Crippen LogP) is 1.43. The van der Waals surface area contributed by atoms with Crippen molar-refractivity contribution in [1.29, 1.82) is 0 Å². The molecular weight excluding hydrogens is 178 g/mol. The van der Waals surface area contributed by atoms with Crippen molar-refractivity contribution in [2.75, 3.05) is 7.05 Å². The highest BCUT2D eigenvalue weighted by molar-refractivity contribution is 6.03. The van der Waals surface area contributed by atoms with Gasteiger partial charge in [0.1, 0.15) is 0 Å². The quantitative estimate of drug-likeness (QED) is 0.548. The van der Waals surface area contributed by atoms with Crippen molar-refractivity contribution in [3.05, 3.63) is 0 Å². The van der Waals surface area contributed by atoms with E-state index in [2.05, 4.69) is 0 Å². The van der Waals surface area contributed by atoms with Gasteiger partial charge in [0, 0.05) is 13.0 Å². The Morgan fingerprint density at radius 1 is 1.29 bits per heavy atom. The molecule has 78 valence electrons. The molecule has 0 N–H and O–H groups in total. The molecule has 1 saturated heterocycles. The molecule has 2 aliphatic rings. The number of fused-ring (bicyclic) bond motifs is 2. The fraction of sp³-hybridized carbons (Fsp3) is 0.818. The van der Waals surface area contributed by atoms with Gasteiger partial charge in [0.05, 0.1) is 5.41 Å². The fourth-order valence-corrected chi connectivity index (χ4v) is 3.02. The van der Waals surface area contributed by atoms with Crippen LogP contribution in [0.25, 0.3) is 0 Å². The molecule has 3 nitrogen and oxygen atoms in total. The fourth-order valence-electron chi connectivity index (χ4n) is 3.02. The van der Waals surface area contributed by atoms with Crippen molar-refractivity contribution in [1.82, 2.24) is 4.90 Å². The maximum atomic E-state index is 12.0. The van der Waals surface area contributed by atoms with Crippen LogP contribution in [0.3, 0.4) is 0 Å². The first-order valence-corrected chi connectivity index (χ1v) is 5.14. The zero-order chi connectivity index (χ0) is 10.7. The van der Waals surface area contributed by atoms with Crippen molar-refractivity contribution in [2.45, 2.75) is 33.6 Å². The van der Waals surface area contributed by atoms with Crippen molar-refractivity contribution in [3.63, 3.8) is 0 Å². The summed E-state index contributed by atoms with van der Waals surface area (Å²) in [5.74, 6) is 0.0476. The lowest BCUT2D eigenvalue weighted by molar-refractivity contribution is -0.165. The molecule has 2 rings (SSSR count). The van der Waals surface area contributed by atoms with E-state index in [1.165, 1.54) is 4.90 Å². The Labute approximate surface area is 84.5 Å². The number of likely N-dealkylation sites (tertiary alicyclic amines) is 1. The molecule has 2 bridgehead atoms. The van der Waals surface area contributed by atoms with Crippen LogP contribution in [0.15, 0.2) is 0 Å². The molecule has 1 heterocycles. The summed E-state index contributed by atoms with van der Waals surface area (Å²) >= 11 is 0. The van der Waals surface area contributed by atoms with E-state index in [1.807, 2.05) is 20.8 Å². The predicted molar refractivity (Wildman–Crippen MR) is 52.4 cm³/mol. The average Bonchev–Trinajstić information content (AvgIpc) is 2.30. The van der Waals surface area contributed by atoms with E-state index in [0.717, 1.165) is 12.8 Å². The number of hydrogen-bond donors (Lipinski definition) is 0. The van der Waals surface area contributed by atoms with Gasteiger partial charge in [-0.25, -0.2) is 0 Å². The third kappa shape index (κ3) is 0.787. The molecular formula is C11H17NO2. The standard InChI is InChI=1S/C11H17NO2/c1-10(2)7-5-6-11(10,3)9(14)12(4)8(7)13/h7H,5-6H2,1-4H3/t7-,11+/m1/s1. The van der Waals surface area contributed by atoms with Gasteiger partial charge in [0.25, 0.3) is 0 Å². The van der Waals surface area contributed by atoms with Crippen LogP contribution in [0.4, 0.5) is 0 Å². The van der Waals surface area contributed by atoms with Gasteiger partial charge in [0.15, 0.2) is 0 Å². The molecule has 0 spiro atoms. The zero-order valence-electron chi connectivity index (χ0n) is 9.26. The van der Waals surface area contributed by atoms with Crippen LogP contribution in [0, 0.1) is 16.7 Å². The smallest absolute Gasteiger partial charge is 0.235 e. The number of imide groups is 1. The highest BCUT2D eigenvalue weighted by atomic mass is 16.2. The van der Waals surface area contributed by atoms with E-state index in [-0.39, 0.29) is 28.6 Å². The van der Waals surface area contributed by atoms with E-state index < -0.39 is 0 Å². The first kappa shape index (κ1) is 9.69. The van der Waals surface area contributed by atoms with E-state index >= 15 is 0 Å². The monoisotopic (exact) mass is 195 g/mol. The summed E-state index contributed by atoms with van der Waals surface area (Å²) in [6.07, 6.45) is 1.71. The zero-order valence-corrected chi connectivity index (χ0v) is 9.26. The van der Waals surface area contributed by atoms with Crippen LogP contribution in [0.2, 0.25) is 0 Å². The Bertz CT molecular complexity index is 321. The summed E-state index contributed by atoms with van der Waals surface area (Å²) in [5, 5.41) is 0. The average molecular weight is 195 g/mol. The van der Waals surface area contributed by atoms with Crippen LogP contribution in [-0.2, 0) is 9.59 Å². The molecule has 1 aliphatic heterocycles. The topological polar surface area (TPSA) is 37.4 Å². The molecule has 1 saturated carbocycles. The molecule has 0 radical (unpaired) electrons. The Morgan fingerprint density at radius 2 is 1.86 bits per heavy atom. The third-order valence-corrected chi connectivity index (χ3v) is 4.63. The lowest BCUT2D eigenvalue weighted by Gasteiger charge is -2.46. The van der Waals surface area contributed by atoms with Gasteiger partial charge in [-0.05, 0) is 18.3 Å². The minimum Gasteiger partial charge on any atom is -0.285 e. The summed E-state index contributed by atoms with van der Waals surface area (Å²) in [6, 6.07) is 0. The van der Waals surface area contributed by atoms with Crippen LogP contribution < -0.4 is 0 Å². The van der Waals surface area contributed by atoms with Crippen molar-refractivity contribution < 1.29 is 9.59 Å². The van der Waals surface area contributed by atoms with E-state index in [9.17, 15) is 9.59 Å². The number of piperidine rings is 1. The molecule has 0 aromatic carbocycles. The second-order valence-corrected chi connectivity index (χ2v) is 5.35. The van der Waals surface area contributed by atoms with E-state index in [4.69, 9.17) is 0 Å². The molecule has 14 heavy (non-hydrogen) atoms. The van der Waals surface area contributed by atoms with Gasteiger partial charge in [-0.15, -0.1) is 0 Å². The van der Waals surface area contributed by atoms with Crippen molar-refractivity contribution in [3.8, 4) is 0 Å². The van der Waals surface area contributed by atoms with Gasteiger partial charge in [-0.3, -0.25) is 14.5 Å². The van der Waals surface area contributed by atoms with Gasteiger partial charge in [-0.2, -0.15) is 0 Å². The molecule has 3 heteroatoms. The number of hydrogen-bond acceptors (Lipinski definition) is 2. The molecule has 0 aromatic heterocycles.